The normalized spacial score (nSPS) is 13.2. The molecular weight excluding hydrogens is 232 g/mol. The van der Waals surface area contributed by atoms with Crippen LogP contribution in [0.5, 0.6) is 0 Å². The van der Waals surface area contributed by atoms with E-state index in [9.17, 15) is 15.0 Å². The number of nitrogens with one attached hydrogen (secondary N) is 1. The summed E-state index contributed by atoms with van der Waals surface area (Å²) < 4.78 is 0. The standard InChI is InChI=1S/C13H20N2O3/c1-7-6-8(2)14-11(10(7)12(17)18)15-13(4,5)9(3)16/h6,9,16H,1-5H3,(H,14,15)(H,17,18). The molecule has 5 nitrogen and oxygen atoms in total. The number of nitrogens with zero attached hydrogens (tertiary/aromatic N) is 1. The van der Waals surface area contributed by atoms with Gasteiger partial charge in [-0.1, -0.05) is 0 Å². The third-order valence-corrected chi connectivity index (χ3v) is 3.04. The summed E-state index contributed by atoms with van der Waals surface area (Å²) in [5, 5.41) is 21.9. The number of rotatable bonds is 4. The molecule has 0 aliphatic rings. The van der Waals surface area contributed by atoms with E-state index in [0.29, 0.717) is 11.4 Å². The fraction of sp³-hybridized carbons (Fsp3) is 0.538. The first-order chi connectivity index (χ1) is 8.15. The molecule has 0 radical (unpaired) electrons. The Labute approximate surface area is 107 Å². The summed E-state index contributed by atoms with van der Waals surface area (Å²) in [6.07, 6.45) is -0.637. The van der Waals surface area contributed by atoms with Gasteiger partial charge in [0.2, 0.25) is 0 Å². The van der Waals surface area contributed by atoms with Gasteiger partial charge in [0.25, 0.3) is 0 Å². The fourth-order valence-corrected chi connectivity index (χ4v) is 1.61. The maximum Gasteiger partial charge on any atom is 0.339 e. The number of aliphatic hydroxyl groups is 1. The van der Waals surface area contributed by atoms with Crippen molar-refractivity contribution in [2.75, 3.05) is 5.32 Å². The third kappa shape index (κ3) is 2.98. The fourth-order valence-electron chi connectivity index (χ4n) is 1.61. The molecular formula is C13H20N2O3. The number of aliphatic hydroxyl groups excluding tert-OH is 1. The predicted molar refractivity (Wildman–Crippen MR) is 70.1 cm³/mol. The van der Waals surface area contributed by atoms with Crippen molar-refractivity contribution in [3.05, 3.63) is 22.9 Å². The Balaban J connectivity index is 3.27. The molecule has 1 aromatic rings. The molecule has 1 unspecified atom stereocenters. The molecule has 0 amide bonds. The van der Waals surface area contributed by atoms with Crippen molar-refractivity contribution >= 4 is 11.8 Å². The van der Waals surface area contributed by atoms with Gasteiger partial charge < -0.3 is 15.5 Å². The van der Waals surface area contributed by atoms with Crippen molar-refractivity contribution in [3.63, 3.8) is 0 Å². The minimum absolute atomic E-state index is 0.148. The predicted octanol–water partition coefficient (Wildman–Crippen LogP) is 1.97. The van der Waals surface area contributed by atoms with E-state index in [1.165, 1.54) is 0 Å². The first-order valence-electron chi connectivity index (χ1n) is 5.83. The Hall–Kier alpha value is -1.62. The van der Waals surface area contributed by atoms with Gasteiger partial charge in [0.1, 0.15) is 11.4 Å². The largest absolute Gasteiger partial charge is 0.478 e. The average molecular weight is 252 g/mol. The van der Waals surface area contributed by atoms with Crippen LogP contribution >= 0.6 is 0 Å². The van der Waals surface area contributed by atoms with E-state index in [1.807, 2.05) is 0 Å². The number of hydrogen-bond acceptors (Lipinski definition) is 4. The summed E-state index contributed by atoms with van der Waals surface area (Å²) in [6, 6.07) is 1.73. The van der Waals surface area contributed by atoms with Gasteiger partial charge in [-0.2, -0.15) is 0 Å². The summed E-state index contributed by atoms with van der Waals surface area (Å²) in [5.41, 5.74) is 0.881. The maximum absolute atomic E-state index is 11.3. The highest BCUT2D eigenvalue weighted by atomic mass is 16.4. The number of carboxylic acids is 1. The van der Waals surface area contributed by atoms with Crippen LogP contribution in [0.4, 0.5) is 5.82 Å². The number of aromatic nitrogens is 1. The Bertz CT molecular complexity index is 468. The van der Waals surface area contributed by atoms with E-state index in [0.717, 1.165) is 5.69 Å². The molecule has 0 spiro atoms. The summed E-state index contributed by atoms with van der Waals surface area (Å²) in [7, 11) is 0. The molecule has 5 heteroatoms. The number of carboxylic acid groups (broad SMARTS) is 1. The van der Waals surface area contributed by atoms with E-state index in [-0.39, 0.29) is 5.56 Å². The van der Waals surface area contributed by atoms with Gasteiger partial charge in [-0.25, -0.2) is 9.78 Å². The molecule has 0 aliphatic heterocycles. The zero-order valence-corrected chi connectivity index (χ0v) is 11.4. The molecule has 0 bridgehead atoms. The number of hydrogen-bond donors (Lipinski definition) is 3. The second-order valence-corrected chi connectivity index (χ2v) is 5.13. The lowest BCUT2D eigenvalue weighted by atomic mass is 9.98. The van der Waals surface area contributed by atoms with Crippen LogP contribution < -0.4 is 5.32 Å². The summed E-state index contributed by atoms with van der Waals surface area (Å²) in [5.74, 6) is -0.727. The number of anilines is 1. The lowest BCUT2D eigenvalue weighted by molar-refractivity contribution is 0.0696. The molecule has 3 N–H and O–H groups in total. The zero-order valence-electron chi connectivity index (χ0n) is 11.4. The van der Waals surface area contributed by atoms with E-state index >= 15 is 0 Å². The topological polar surface area (TPSA) is 82.5 Å². The van der Waals surface area contributed by atoms with Gasteiger partial charge in [-0.15, -0.1) is 0 Å². The SMILES string of the molecule is Cc1cc(C)c(C(=O)O)c(NC(C)(C)C(C)O)n1. The molecule has 100 valence electrons. The van der Waals surface area contributed by atoms with Crippen LogP contribution in [-0.2, 0) is 0 Å². The number of aryl methyl sites for hydroxylation is 2. The first-order valence-corrected chi connectivity index (χ1v) is 5.83. The summed E-state index contributed by atoms with van der Waals surface area (Å²) in [4.78, 5) is 15.5. The van der Waals surface area contributed by atoms with Crippen molar-refractivity contribution in [1.29, 1.82) is 0 Å². The van der Waals surface area contributed by atoms with Gasteiger partial charge in [-0.05, 0) is 46.2 Å². The van der Waals surface area contributed by atoms with Gasteiger partial charge in [-0.3, -0.25) is 0 Å². The zero-order chi connectivity index (χ0) is 14.1. The molecule has 1 aromatic heterocycles. The van der Waals surface area contributed by atoms with Crippen LogP contribution in [0.1, 0.15) is 42.4 Å². The van der Waals surface area contributed by atoms with Crippen LogP contribution in [0.3, 0.4) is 0 Å². The lowest BCUT2D eigenvalue weighted by Gasteiger charge is -2.30. The highest BCUT2D eigenvalue weighted by molar-refractivity contribution is 5.95. The van der Waals surface area contributed by atoms with Crippen molar-refractivity contribution in [1.82, 2.24) is 4.98 Å². The monoisotopic (exact) mass is 252 g/mol. The quantitative estimate of drug-likeness (QED) is 0.763. The van der Waals surface area contributed by atoms with Gasteiger partial charge in [0.15, 0.2) is 0 Å². The van der Waals surface area contributed by atoms with Crippen molar-refractivity contribution in [2.24, 2.45) is 0 Å². The molecule has 0 fully saturated rings. The van der Waals surface area contributed by atoms with Crippen molar-refractivity contribution in [3.8, 4) is 0 Å². The summed E-state index contributed by atoms with van der Waals surface area (Å²) >= 11 is 0. The van der Waals surface area contributed by atoms with Crippen LogP contribution in [-0.4, -0.2) is 32.8 Å². The highest BCUT2D eigenvalue weighted by Crippen LogP contribution is 2.23. The lowest BCUT2D eigenvalue weighted by Crippen LogP contribution is -2.42. The second-order valence-electron chi connectivity index (χ2n) is 5.13. The Morgan fingerprint density at radius 3 is 2.44 bits per heavy atom. The van der Waals surface area contributed by atoms with Crippen molar-refractivity contribution < 1.29 is 15.0 Å². The Morgan fingerprint density at radius 2 is 2.00 bits per heavy atom. The molecule has 1 heterocycles. The van der Waals surface area contributed by atoms with Crippen LogP contribution in [0.15, 0.2) is 6.07 Å². The Kier molecular flexibility index (Phi) is 3.96. The minimum Gasteiger partial charge on any atom is -0.478 e. The third-order valence-electron chi connectivity index (χ3n) is 3.04. The van der Waals surface area contributed by atoms with Crippen molar-refractivity contribution in [2.45, 2.75) is 46.3 Å². The van der Waals surface area contributed by atoms with Gasteiger partial charge >= 0.3 is 5.97 Å². The van der Waals surface area contributed by atoms with Crippen LogP contribution in [0.25, 0.3) is 0 Å². The maximum atomic E-state index is 11.3. The van der Waals surface area contributed by atoms with E-state index < -0.39 is 17.6 Å². The number of pyridine rings is 1. The molecule has 0 aromatic carbocycles. The molecule has 18 heavy (non-hydrogen) atoms. The molecule has 1 atom stereocenters. The number of carbonyl (C=O) groups is 1. The second kappa shape index (κ2) is 4.94. The summed E-state index contributed by atoms with van der Waals surface area (Å²) in [6.45, 7) is 8.78. The highest BCUT2D eigenvalue weighted by Gasteiger charge is 2.27. The van der Waals surface area contributed by atoms with E-state index in [2.05, 4.69) is 10.3 Å². The molecule has 1 rings (SSSR count). The minimum atomic E-state index is -1.02. The smallest absolute Gasteiger partial charge is 0.339 e. The van der Waals surface area contributed by atoms with Crippen LogP contribution in [0, 0.1) is 13.8 Å². The first kappa shape index (κ1) is 14.4. The average Bonchev–Trinajstić information content (AvgIpc) is 2.13. The molecule has 0 aliphatic carbocycles. The van der Waals surface area contributed by atoms with Crippen LogP contribution in [0.2, 0.25) is 0 Å². The van der Waals surface area contributed by atoms with E-state index in [4.69, 9.17) is 0 Å². The van der Waals surface area contributed by atoms with Gasteiger partial charge in [0, 0.05) is 5.69 Å². The molecule has 0 saturated heterocycles. The van der Waals surface area contributed by atoms with E-state index in [1.54, 1.807) is 40.7 Å². The Morgan fingerprint density at radius 1 is 1.44 bits per heavy atom. The molecule has 0 saturated carbocycles. The van der Waals surface area contributed by atoms with Gasteiger partial charge in [0.05, 0.1) is 11.6 Å². The number of aromatic carboxylic acids is 1.